The van der Waals surface area contributed by atoms with Gasteiger partial charge in [0.05, 0.1) is 0 Å². The Kier molecular flexibility index (Phi) is 6.37. The minimum atomic E-state index is -0.0842. The van der Waals surface area contributed by atoms with Crippen molar-refractivity contribution in [2.24, 2.45) is 0 Å². The van der Waals surface area contributed by atoms with Gasteiger partial charge in [0.1, 0.15) is 0 Å². The van der Waals surface area contributed by atoms with Gasteiger partial charge in [-0.25, -0.2) is 0 Å². The van der Waals surface area contributed by atoms with E-state index in [-0.39, 0.29) is 5.41 Å². The molecule has 1 aliphatic carbocycles. The number of thiophene rings is 1. The molecule has 0 spiro atoms. The van der Waals surface area contributed by atoms with Crippen molar-refractivity contribution in [3.05, 3.63) is 174 Å². The van der Waals surface area contributed by atoms with Crippen molar-refractivity contribution < 1.29 is 0 Å². The van der Waals surface area contributed by atoms with Crippen molar-refractivity contribution in [1.29, 1.82) is 0 Å². The van der Waals surface area contributed by atoms with Crippen LogP contribution in [0.1, 0.15) is 30.5 Å². The minimum Gasteiger partial charge on any atom is -0.310 e. The topological polar surface area (TPSA) is 3.24 Å². The summed E-state index contributed by atoms with van der Waals surface area (Å²) in [5.74, 6) is 0. The Morgan fingerprint density at radius 1 is 0.460 bits per heavy atom. The number of nitrogens with zero attached hydrogens (tertiary/aromatic N) is 1. The first-order valence-corrected chi connectivity index (χ1v) is 18.2. The average Bonchev–Trinajstić information content (AvgIpc) is 3.63. The Balaban J connectivity index is 1.17. The third-order valence-electron chi connectivity index (χ3n) is 11.0. The molecular weight excluding hydrogens is 623 g/mol. The Labute approximate surface area is 296 Å². The maximum Gasteiger partial charge on any atom is 0.0491 e. The monoisotopic (exact) mass is 657 g/mol. The number of benzene rings is 8. The number of hydrogen-bond acceptors (Lipinski definition) is 2. The van der Waals surface area contributed by atoms with Crippen LogP contribution in [0.15, 0.2) is 158 Å². The van der Waals surface area contributed by atoms with Gasteiger partial charge >= 0.3 is 0 Å². The number of hydrogen-bond donors (Lipinski definition) is 0. The molecule has 0 amide bonds. The minimum absolute atomic E-state index is 0.0842. The lowest BCUT2D eigenvalue weighted by Gasteiger charge is -2.29. The van der Waals surface area contributed by atoms with E-state index in [1.165, 1.54) is 97.7 Å². The summed E-state index contributed by atoms with van der Waals surface area (Å²) < 4.78 is 2.63. The van der Waals surface area contributed by atoms with Gasteiger partial charge in [-0.3, -0.25) is 0 Å². The van der Waals surface area contributed by atoms with Crippen LogP contribution in [0.2, 0.25) is 0 Å². The third kappa shape index (κ3) is 4.32. The molecule has 0 unspecified atom stereocenters. The van der Waals surface area contributed by atoms with Gasteiger partial charge in [-0.05, 0) is 116 Å². The molecule has 238 valence electrons. The van der Waals surface area contributed by atoms with E-state index in [1.807, 2.05) is 11.3 Å². The predicted octanol–water partition coefficient (Wildman–Crippen LogP) is 14.1. The highest BCUT2D eigenvalue weighted by atomic mass is 32.1. The fraction of sp³-hybridized carbons (Fsp3) is 0.0833. The van der Waals surface area contributed by atoms with Gasteiger partial charge in [-0.15, -0.1) is 11.3 Å². The lowest BCUT2D eigenvalue weighted by atomic mass is 9.82. The highest BCUT2D eigenvalue weighted by Crippen LogP contribution is 2.51. The molecule has 1 aliphatic rings. The molecule has 0 radical (unpaired) electrons. The van der Waals surface area contributed by atoms with Gasteiger partial charge in [0.25, 0.3) is 0 Å². The van der Waals surface area contributed by atoms with Crippen molar-refractivity contribution >= 4 is 70.1 Å². The molecule has 1 heterocycles. The number of fused-ring (bicyclic) bond motifs is 9. The van der Waals surface area contributed by atoms with Crippen LogP contribution in [0.5, 0.6) is 0 Å². The molecule has 0 saturated carbocycles. The van der Waals surface area contributed by atoms with E-state index in [0.717, 1.165) is 0 Å². The Bertz CT molecular complexity index is 2820. The summed E-state index contributed by atoms with van der Waals surface area (Å²) >= 11 is 1.87. The van der Waals surface area contributed by atoms with E-state index in [1.54, 1.807) is 0 Å². The molecule has 2 heteroatoms. The summed E-state index contributed by atoms with van der Waals surface area (Å²) in [4.78, 5) is 2.47. The number of anilines is 3. The van der Waals surface area contributed by atoms with Gasteiger partial charge in [0.2, 0.25) is 0 Å². The molecule has 9 aromatic rings. The largest absolute Gasteiger partial charge is 0.310 e. The Morgan fingerprint density at radius 3 is 1.98 bits per heavy atom. The highest BCUT2D eigenvalue weighted by molar-refractivity contribution is 7.25. The molecule has 0 bridgehead atoms. The van der Waals surface area contributed by atoms with E-state index in [9.17, 15) is 0 Å². The van der Waals surface area contributed by atoms with Crippen LogP contribution in [-0.4, -0.2) is 0 Å². The standard InChI is InChI=1S/C48H35NS/c1-30-26-32(42-27-31-12-4-5-13-35(31)36-14-6-7-15-37(36)42)20-25-45(30)49(34-22-24-41-40-17-9-11-19-46(40)50-47(41)29-34)33-21-23-39-38-16-8-10-18-43(38)48(2,3)44(39)28-33/h4-29H,1-3H3. The highest BCUT2D eigenvalue weighted by Gasteiger charge is 2.35. The first-order chi connectivity index (χ1) is 24.5. The number of rotatable bonds is 4. The SMILES string of the molecule is Cc1cc(-c2cc3ccccc3c3ccccc23)ccc1N(c1ccc2c(c1)C(C)(C)c1ccccc1-2)c1ccc2c(c1)sc1ccccc12. The fourth-order valence-corrected chi connectivity index (χ4v) is 9.62. The van der Waals surface area contributed by atoms with Crippen LogP contribution in [-0.2, 0) is 5.41 Å². The molecule has 0 fully saturated rings. The van der Waals surface area contributed by atoms with Crippen LogP contribution in [0, 0.1) is 6.92 Å². The van der Waals surface area contributed by atoms with Crippen molar-refractivity contribution in [2.45, 2.75) is 26.2 Å². The quantitative estimate of drug-likeness (QED) is 0.170. The van der Waals surface area contributed by atoms with Gasteiger partial charge in [-0.1, -0.05) is 123 Å². The maximum absolute atomic E-state index is 2.47. The van der Waals surface area contributed by atoms with Crippen LogP contribution < -0.4 is 4.90 Å². The molecule has 50 heavy (non-hydrogen) atoms. The molecule has 10 rings (SSSR count). The molecular formula is C48H35NS. The second kappa shape index (κ2) is 10.9. The zero-order valence-corrected chi connectivity index (χ0v) is 29.2. The molecule has 8 aromatic carbocycles. The molecule has 1 aromatic heterocycles. The maximum atomic E-state index is 2.47. The summed E-state index contributed by atoms with van der Waals surface area (Å²) in [7, 11) is 0. The Morgan fingerprint density at radius 2 is 1.12 bits per heavy atom. The summed E-state index contributed by atoms with van der Waals surface area (Å²) in [6, 6.07) is 58.7. The lowest BCUT2D eigenvalue weighted by Crippen LogP contribution is -2.17. The van der Waals surface area contributed by atoms with Crippen molar-refractivity contribution in [3.8, 4) is 22.3 Å². The van der Waals surface area contributed by atoms with E-state index in [4.69, 9.17) is 0 Å². The lowest BCUT2D eigenvalue weighted by molar-refractivity contribution is 0.660. The van der Waals surface area contributed by atoms with Crippen molar-refractivity contribution in [1.82, 2.24) is 0 Å². The van der Waals surface area contributed by atoms with Crippen LogP contribution >= 0.6 is 11.3 Å². The van der Waals surface area contributed by atoms with Crippen LogP contribution in [0.3, 0.4) is 0 Å². The van der Waals surface area contributed by atoms with E-state index in [2.05, 4.69) is 183 Å². The first-order valence-electron chi connectivity index (χ1n) is 17.4. The van der Waals surface area contributed by atoms with Crippen LogP contribution in [0.4, 0.5) is 17.1 Å². The third-order valence-corrected chi connectivity index (χ3v) is 12.1. The van der Waals surface area contributed by atoms with Gasteiger partial charge in [0, 0.05) is 42.6 Å². The molecule has 0 aliphatic heterocycles. The smallest absolute Gasteiger partial charge is 0.0491 e. The fourth-order valence-electron chi connectivity index (χ4n) is 8.48. The molecule has 0 atom stereocenters. The summed E-state index contributed by atoms with van der Waals surface area (Å²) in [5.41, 5.74) is 12.6. The summed E-state index contributed by atoms with van der Waals surface area (Å²) in [5, 5.41) is 7.78. The van der Waals surface area contributed by atoms with E-state index < -0.39 is 0 Å². The van der Waals surface area contributed by atoms with Gasteiger partial charge < -0.3 is 4.90 Å². The normalized spacial score (nSPS) is 13.3. The van der Waals surface area contributed by atoms with Gasteiger partial charge in [-0.2, -0.15) is 0 Å². The molecule has 0 saturated heterocycles. The van der Waals surface area contributed by atoms with Gasteiger partial charge in [0.15, 0.2) is 0 Å². The zero-order chi connectivity index (χ0) is 33.6. The first kappa shape index (κ1) is 29.2. The average molecular weight is 658 g/mol. The zero-order valence-electron chi connectivity index (χ0n) is 28.4. The van der Waals surface area contributed by atoms with Crippen molar-refractivity contribution in [3.63, 3.8) is 0 Å². The number of aryl methyl sites for hydroxylation is 1. The predicted molar refractivity (Wildman–Crippen MR) is 217 cm³/mol. The second-order valence-corrected chi connectivity index (χ2v) is 15.3. The van der Waals surface area contributed by atoms with E-state index >= 15 is 0 Å². The molecule has 1 nitrogen and oxygen atoms in total. The summed E-state index contributed by atoms with van der Waals surface area (Å²) in [6.07, 6.45) is 0. The van der Waals surface area contributed by atoms with Crippen LogP contribution in [0.25, 0.3) is 64.0 Å². The Hall–Kier alpha value is -5.70. The van der Waals surface area contributed by atoms with E-state index in [0.29, 0.717) is 0 Å². The summed E-state index contributed by atoms with van der Waals surface area (Å²) in [6.45, 7) is 6.99. The van der Waals surface area contributed by atoms with Crippen molar-refractivity contribution in [2.75, 3.05) is 4.90 Å². The molecule has 0 N–H and O–H groups in total. The second-order valence-electron chi connectivity index (χ2n) is 14.2.